The Morgan fingerprint density at radius 2 is 1.10 bits per heavy atom. The van der Waals surface area contributed by atoms with E-state index in [1.807, 2.05) is 26.0 Å². The van der Waals surface area contributed by atoms with Gasteiger partial charge < -0.3 is 19.4 Å². The van der Waals surface area contributed by atoms with E-state index in [1.165, 1.54) is 0 Å². The summed E-state index contributed by atoms with van der Waals surface area (Å²) in [7, 11) is 0. The molecule has 10 heteroatoms. The summed E-state index contributed by atoms with van der Waals surface area (Å²) in [5.74, 6) is 3.20. The summed E-state index contributed by atoms with van der Waals surface area (Å²) in [5.41, 5.74) is 10.3. The smallest absolute Gasteiger partial charge is 0.166 e. The molecule has 0 fully saturated rings. The van der Waals surface area contributed by atoms with Gasteiger partial charge >= 0.3 is 0 Å². The Morgan fingerprint density at radius 1 is 0.643 bits per heavy atom. The van der Waals surface area contributed by atoms with Crippen molar-refractivity contribution < 1.29 is 9.47 Å². The Bertz CT molecular complexity index is 1730. The van der Waals surface area contributed by atoms with Crippen molar-refractivity contribution in [1.29, 1.82) is 0 Å². The van der Waals surface area contributed by atoms with Crippen molar-refractivity contribution in [2.45, 2.75) is 49.5 Å². The highest BCUT2D eigenvalue weighted by atomic mass is 32.2. The third kappa shape index (κ3) is 5.96. The molecule has 0 saturated heterocycles. The number of hydrogen-bond donors (Lipinski definition) is 2. The lowest BCUT2D eigenvalue weighted by molar-refractivity contribution is 0.337. The lowest BCUT2D eigenvalue weighted by Crippen LogP contribution is -1.99. The van der Waals surface area contributed by atoms with Gasteiger partial charge in [-0.15, -0.1) is 0 Å². The predicted octanol–water partition coefficient (Wildman–Crippen LogP) is 7.90. The maximum atomic E-state index is 5.72. The number of fused-ring (bicyclic) bond motifs is 2. The van der Waals surface area contributed by atoms with Gasteiger partial charge in [-0.05, 0) is 75.2 Å². The molecule has 0 aliphatic rings. The van der Waals surface area contributed by atoms with Gasteiger partial charge in [-0.25, -0.2) is 9.97 Å². The first kappa shape index (κ1) is 28.1. The van der Waals surface area contributed by atoms with E-state index in [4.69, 9.17) is 19.4 Å². The van der Waals surface area contributed by atoms with E-state index < -0.39 is 0 Å². The van der Waals surface area contributed by atoms with Crippen molar-refractivity contribution in [2.24, 2.45) is 0 Å². The van der Waals surface area contributed by atoms with Gasteiger partial charge in [-0.2, -0.15) is 0 Å². The van der Waals surface area contributed by atoms with E-state index in [9.17, 15) is 0 Å². The number of benzene rings is 2. The summed E-state index contributed by atoms with van der Waals surface area (Å²) in [6.07, 6.45) is 3.60. The van der Waals surface area contributed by atoms with E-state index in [0.717, 1.165) is 77.5 Å². The summed E-state index contributed by atoms with van der Waals surface area (Å²) in [4.78, 5) is 25.6. The standard InChI is InChI=1S/C32H32N6O2S2/c1-5-39-29-11-13-33-27(19(29)3)17-41-31-35-23-9-7-21(15-25(23)37-31)22-8-10-24-26(16-22)38-32(36-24)42-18-28-20(4)30(40-6-2)12-14-34-28/h7-16H,5-6,17-18H2,1-4H3,(H,35,37)(H,36,38). The molecule has 42 heavy (non-hydrogen) atoms. The highest BCUT2D eigenvalue weighted by molar-refractivity contribution is 7.98. The summed E-state index contributed by atoms with van der Waals surface area (Å²) in [6, 6.07) is 16.5. The summed E-state index contributed by atoms with van der Waals surface area (Å²) in [5, 5.41) is 1.74. The van der Waals surface area contributed by atoms with E-state index >= 15 is 0 Å². The van der Waals surface area contributed by atoms with Crippen LogP contribution in [0.3, 0.4) is 0 Å². The normalized spacial score (nSPS) is 11.4. The average molecular weight is 597 g/mol. The number of hydrogen-bond acceptors (Lipinski definition) is 8. The molecule has 2 N–H and O–H groups in total. The number of nitrogens with zero attached hydrogens (tertiary/aromatic N) is 4. The number of thioether (sulfide) groups is 2. The number of imidazole rings is 2. The Kier molecular flexibility index (Phi) is 8.34. The van der Waals surface area contributed by atoms with Gasteiger partial charge in [0, 0.05) is 35.0 Å². The van der Waals surface area contributed by atoms with Crippen molar-refractivity contribution in [3.05, 3.63) is 83.4 Å². The molecule has 0 saturated carbocycles. The third-order valence-corrected chi connectivity index (χ3v) is 8.83. The average Bonchev–Trinajstić information content (AvgIpc) is 3.60. The van der Waals surface area contributed by atoms with Gasteiger partial charge in [0.15, 0.2) is 10.3 Å². The molecule has 0 aliphatic carbocycles. The van der Waals surface area contributed by atoms with Crippen LogP contribution in [0.5, 0.6) is 11.5 Å². The van der Waals surface area contributed by atoms with Gasteiger partial charge in [0.25, 0.3) is 0 Å². The van der Waals surface area contributed by atoms with Crippen LogP contribution in [0.2, 0.25) is 0 Å². The van der Waals surface area contributed by atoms with E-state index in [1.54, 1.807) is 35.9 Å². The van der Waals surface area contributed by atoms with E-state index in [-0.39, 0.29) is 0 Å². The number of aromatic amines is 2. The van der Waals surface area contributed by atoms with Crippen molar-refractivity contribution in [3.8, 4) is 22.6 Å². The first-order valence-electron chi connectivity index (χ1n) is 13.9. The minimum absolute atomic E-state index is 0.637. The molecule has 0 spiro atoms. The minimum atomic E-state index is 0.637. The molecule has 0 radical (unpaired) electrons. The highest BCUT2D eigenvalue weighted by Gasteiger charge is 2.12. The maximum absolute atomic E-state index is 5.72. The predicted molar refractivity (Wildman–Crippen MR) is 171 cm³/mol. The fourth-order valence-electron chi connectivity index (χ4n) is 4.77. The molecule has 0 bridgehead atoms. The van der Waals surface area contributed by atoms with Crippen molar-refractivity contribution >= 4 is 45.6 Å². The Labute approximate surface area is 253 Å². The molecule has 2 aromatic carbocycles. The first-order valence-corrected chi connectivity index (χ1v) is 15.9. The van der Waals surface area contributed by atoms with Crippen LogP contribution >= 0.6 is 23.5 Å². The van der Waals surface area contributed by atoms with Gasteiger partial charge in [0.2, 0.25) is 0 Å². The van der Waals surface area contributed by atoms with Gasteiger partial charge in [0.05, 0.1) is 46.7 Å². The van der Waals surface area contributed by atoms with Crippen molar-refractivity contribution in [2.75, 3.05) is 13.2 Å². The van der Waals surface area contributed by atoms with Crippen LogP contribution in [0.1, 0.15) is 36.4 Å². The quantitative estimate of drug-likeness (QED) is 0.146. The Hall–Kier alpha value is -4.02. The molecule has 4 heterocycles. The van der Waals surface area contributed by atoms with E-state index in [2.05, 4.69) is 70.2 Å². The van der Waals surface area contributed by atoms with Gasteiger partial charge in [-0.1, -0.05) is 35.7 Å². The van der Waals surface area contributed by atoms with Crippen molar-refractivity contribution in [3.63, 3.8) is 0 Å². The zero-order valence-electron chi connectivity index (χ0n) is 24.0. The molecule has 214 valence electrons. The molecule has 8 nitrogen and oxygen atoms in total. The topological polar surface area (TPSA) is 102 Å². The second-order valence-electron chi connectivity index (χ2n) is 9.75. The zero-order chi connectivity index (χ0) is 29.1. The second-order valence-corrected chi connectivity index (χ2v) is 11.7. The SMILES string of the molecule is CCOc1ccnc(CSc2nc3ccc(-c4ccc5nc(SCc6nccc(OCC)c6C)[nH]c5c4)cc3[nH]2)c1C. The maximum Gasteiger partial charge on any atom is 0.166 e. The zero-order valence-corrected chi connectivity index (χ0v) is 25.7. The number of pyridine rings is 2. The second kappa shape index (κ2) is 12.5. The lowest BCUT2D eigenvalue weighted by atomic mass is 10.0. The van der Waals surface area contributed by atoms with Crippen LogP contribution in [-0.4, -0.2) is 43.1 Å². The van der Waals surface area contributed by atoms with Crippen LogP contribution < -0.4 is 9.47 Å². The molecule has 6 aromatic rings. The number of rotatable bonds is 11. The van der Waals surface area contributed by atoms with Crippen LogP contribution in [0.25, 0.3) is 33.2 Å². The van der Waals surface area contributed by atoms with Gasteiger partial charge in [-0.3, -0.25) is 9.97 Å². The van der Waals surface area contributed by atoms with Crippen LogP contribution in [0.15, 0.2) is 71.2 Å². The Morgan fingerprint density at radius 3 is 1.52 bits per heavy atom. The molecular weight excluding hydrogens is 565 g/mol. The minimum Gasteiger partial charge on any atom is -0.493 e. The van der Waals surface area contributed by atoms with Crippen LogP contribution in [0, 0.1) is 13.8 Å². The third-order valence-electron chi connectivity index (χ3n) is 7.06. The Balaban J connectivity index is 1.16. The molecule has 6 rings (SSSR count). The monoisotopic (exact) mass is 596 g/mol. The number of ether oxygens (including phenoxy) is 2. The molecule has 0 aliphatic heterocycles. The molecular formula is C32H32N6O2S2. The van der Waals surface area contributed by atoms with E-state index in [0.29, 0.717) is 24.7 Å². The summed E-state index contributed by atoms with van der Waals surface area (Å²) < 4.78 is 11.4. The van der Waals surface area contributed by atoms with Gasteiger partial charge in [0.1, 0.15) is 11.5 Å². The summed E-state index contributed by atoms with van der Waals surface area (Å²) in [6.45, 7) is 9.36. The molecule has 0 amide bonds. The van der Waals surface area contributed by atoms with Crippen LogP contribution in [0.4, 0.5) is 0 Å². The molecule has 4 aromatic heterocycles. The fourth-order valence-corrected chi connectivity index (χ4v) is 6.59. The number of aromatic nitrogens is 6. The lowest BCUT2D eigenvalue weighted by Gasteiger charge is -2.09. The van der Waals surface area contributed by atoms with Crippen LogP contribution in [-0.2, 0) is 11.5 Å². The number of nitrogens with one attached hydrogen (secondary N) is 2. The molecule has 0 atom stereocenters. The highest BCUT2D eigenvalue weighted by Crippen LogP contribution is 2.31. The van der Waals surface area contributed by atoms with Crippen molar-refractivity contribution in [1.82, 2.24) is 29.9 Å². The fraction of sp³-hybridized carbons (Fsp3) is 0.250. The largest absolute Gasteiger partial charge is 0.493 e. The number of H-pyrrole nitrogens is 2. The summed E-state index contributed by atoms with van der Waals surface area (Å²) >= 11 is 3.28. The first-order chi connectivity index (χ1) is 20.5. The molecule has 0 unspecified atom stereocenters.